The van der Waals surface area contributed by atoms with Gasteiger partial charge < -0.3 is 10.6 Å². The summed E-state index contributed by atoms with van der Waals surface area (Å²) >= 11 is 0. The monoisotopic (exact) mass is 323 g/mol. The molecule has 0 atom stereocenters. The number of amides is 1. The number of aromatic nitrogens is 1. The molecule has 0 unspecified atom stereocenters. The summed E-state index contributed by atoms with van der Waals surface area (Å²) in [5, 5.41) is 25.1. The van der Waals surface area contributed by atoms with Crippen LogP contribution in [-0.4, -0.2) is 15.8 Å². The van der Waals surface area contributed by atoms with Crippen molar-refractivity contribution in [3.63, 3.8) is 0 Å². The second-order valence-corrected chi connectivity index (χ2v) is 4.76. The second kappa shape index (κ2) is 7.51. The highest BCUT2D eigenvalue weighted by atomic mass is 16.6. The van der Waals surface area contributed by atoms with E-state index in [-0.39, 0.29) is 16.9 Å². The first-order valence-electron chi connectivity index (χ1n) is 6.85. The average Bonchev–Trinajstić information content (AvgIpc) is 2.57. The Labute approximate surface area is 137 Å². The smallest absolute Gasteiger partial charge is 0.292 e. The lowest BCUT2D eigenvalue weighted by atomic mass is 10.2. The third kappa shape index (κ3) is 4.14. The molecule has 0 aliphatic rings. The van der Waals surface area contributed by atoms with Crippen LogP contribution in [0, 0.1) is 28.4 Å². The minimum absolute atomic E-state index is 0.0158. The zero-order valence-electron chi connectivity index (χ0n) is 12.7. The van der Waals surface area contributed by atoms with Crippen LogP contribution in [0.15, 0.2) is 54.4 Å². The molecule has 120 valence electrons. The van der Waals surface area contributed by atoms with Crippen molar-refractivity contribution in [1.29, 1.82) is 5.26 Å². The number of nitriles is 1. The number of carbonyl (C=O) groups excluding carboxylic acids is 1. The third-order valence-electron chi connectivity index (χ3n) is 2.99. The lowest BCUT2D eigenvalue weighted by Crippen LogP contribution is -2.15. The van der Waals surface area contributed by atoms with Crippen molar-refractivity contribution < 1.29 is 9.72 Å². The zero-order valence-corrected chi connectivity index (χ0v) is 12.7. The van der Waals surface area contributed by atoms with E-state index in [9.17, 15) is 14.9 Å². The number of rotatable bonds is 5. The molecule has 0 radical (unpaired) electrons. The van der Waals surface area contributed by atoms with E-state index in [1.807, 2.05) is 13.0 Å². The van der Waals surface area contributed by atoms with Crippen LogP contribution in [0.1, 0.15) is 5.56 Å². The van der Waals surface area contributed by atoms with Gasteiger partial charge in [0.1, 0.15) is 23.1 Å². The van der Waals surface area contributed by atoms with E-state index in [0.717, 1.165) is 5.56 Å². The Hall–Kier alpha value is -3.73. The maximum Gasteiger partial charge on any atom is 0.292 e. The van der Waals surface area contributed by atoms with Gasteiger partial charge in [-0.1, -0.05) is 18.2 Å². The van der Waals surface area contributed by atoms with E-state index in [4.69, 9.17) is 5.26 Å². The summed E-state index contributed by atoms with van der Waals surface area (Å²) in [6.07, 6.45) is 2.83. The highest BCUT2D eigenvalue weighted by Gasteiger charge is 2.17. The Morgan fingerprint density at radius 3 is 2.71 bits per heavy atom. The number of nitro benzene ring substituents is 1. The van der Waals surface area contributed by atoms with Gasteiger partial charge in [-0.15, -0.1) is 0 Å². The normalized spacial score (nSPS) is 10.6. The minimum Gasteiger partial charge on any atom is -0.345 e. The fourth-order valence-corrected chi connectivity index (χ4v) is 1.78. The van der Waals surface area contributed by atoms with Gasteiger partial charge in [-0.05, 0) is 24.6 Å². The Kier molecular flexibility index (Phi) is 5.20. The number of nitrogens with one attached hydrogen (secondary N) is 2. The molecule has 0 spiro atoms. The van der Waals surface area contributed by atoms with Crippen molar-refractivity contribution in [2.24, 2.45) is 0 Å². The fraction of sp³-hybridized carbons (Fsp3) is 0.0625. The number of nitrogens with zero attached hydrogens (tertiary/aromatic N) is 3. The molecule has 1 heterocycles. The first-order valence-corrected chi connectivity index (χ1v) is 6.85. The van der Waals surface area contributed by atoms with Crippen molar-refractivity contribution >= 4 is 23.1 Å². The summed E-state index contributed by atoms with van der Waals surface area (Å²) in [7, 11) is 0. The number of carbonyl (C=O) groups is 1. The molecule has 2 N–H and O–H groups in total. The maximum atomic E-state index is 12.1. The van der Waals surface area contributed by atoms with Gasteiger partial charge in [-0.2, -0.15) is 5.26 Å². The number of hydrogen-bond acceptors (Lipinski definition) is 6. The second-order valence-electron chi connectivity index (χ2n) is 4.76. The summed E-state index contributed by atoms with van der Waals surface area (Å²) in [6.45, 7) is 1.88. The van der Waals surface area contributed by atoms with Crippen molar-refractivity contribution in [2.75, 3.05) is 10.6 Å². The number of aryl methyl sites for hydroxylation is 1. The topological polar surface area (TPSA) is 121 Å². The quantitative estimate of drug-likeness (QED) is 0.378. The molecular formula is C16H13N5O3. The molecule has 8 heteroatoms. The third-order valence-corrected chi connectivity index (χ3v) is 2.99. The van der Waals surface area contributed by atoms with Crippen LogP contribution in [0.4, 0.5) is 17.2 Å². The van der Waals surface area contributed by atoms with Crippen LogP contribution in [0.3, 0.4) is 0 Å². The zero-order chi connectivity index (χ0) is 17.5. The first-order chi connectivity index (χ1) is 11.5. The van der Waals surface area contributed by atoms with E-state index < -0.39 is 10.8 Å². The van der Waals surface area contributed by atoms with E-state index in [1.165, 1.54) is 24.4 Å². The van der Waals surface area contributed by atoms with Gasteiger partial charge >= 0.3 is 0 Å². The van der Waals surface area contributed by atoms with Crippen LogP contribution in [0.25, 0.3) is 0 Å². The molecule has 0 bridgehead atoms. The van der Waals surface area contributed by atoms with Gasteiger partial charge in [0.25, 0.3) is 11.6 Å². The maximum absolute atomic E-state index is 12.1. The van der Waals surface area contributed by atoms with E-state index in [0.29, 0.717) is 5.82 Å². The number of benzene rings is 1. The van der Waals surface area contributed by atoms with Crippen LogP contribution in [0.5, 0.6) is 0 Å². The van der Waals surface area contributed by atoms with Crippen molar-refractivity contribution in [3.8, 4) is 6.07 Å². The van der Waals surface area contributed by atoms with Gasteiger partial charge in [0.15, 0.2) is 0 Å². The molecule has 2 rings (SSSR count). The lowest BCUT2D eigenvalue weighted by molar-refractivity contribution is -0.383. The van der Waals surface area contributed by atoms with E-state index in [2.05, 4.69) is 15.6 Å². The van der Waals surface area contributed by atoms with E-state index >= 15 is 0 Å². The van der Waals surface area contributed by atoms with Gasteiger partial charge in [0.2, 0.25) is 0 Å². The van der Waals surface area contributed by atoms with Gasteiger partial charge in [-0.3, -0.25) is 14.9 Å². The molecule has 1 amide bonds. The number of pyridine rings is 1. The molecule has 0 saturated carbocycles. The summed E-state index contributed by atoms with van der Waals surface area (Å²) < 4.78 is 0. The Morgan fingerprint density at radius 2 is 2.08 bits per heavy atom. The molecule has 1 aromatic carbocycles. The molecule has 0 aliphatic heterocycles. The SMILES string of the molecule is Cc1ccc(N/C=C(/C#N)C(=O)Nc2ccccc2[N+](=O)[O-])nc1. The van der Waals surface area contributed by atoms with Crippen LogP contribution in [0.2, 0.25) is 0 Å². The largest absolute Gasteiger partial charge is 0.345 e. The Morgan fingerprint density at radius 1 is 1.33 bits per heavy atom. The molecule has 24 heavy (non-hydrogen) atoms. The number of nitro groups is 1. The van der Waals surface area contributed by atoms with Crippen molar-refractivity contribution in [2.45, 2.75) is 6.92 Å². The summed E-state index contributed by atoms with van der Waals surface area (Å²) in [6, 6.07) is 10.9. The number of anilines is 2. The predicted molar refractivity (Wildman–Crippen MR) is 88.0 cm³/mol. The number of para-hydroxylation sites is 2. The molecule has 0 saturated heterocycles. The summed E-state index contributed by atoms with van der Waals surface area (Å²) in [5.41, 5.74) is 0.494. The first kappa shape index (κ1) is 16.6. The molecule has 0 fully saturated rings. The van der Waals surface area contributed by atoms with E-state index in [1.54, 1.807) is 24.4 Å². The predicted octanol–water partition coefficient (Wildman–Crippen LogP) is 2.76. The van der Waals surface area contributed by atoms with Gasteiger partial charge in [0.05, 0.1) is 4.92 Å². The van der Waals surface area contributed by atoms with Crippen LogP contribution < -0.4 is 10.6 Å². The highest BCUT2D eigenvalue weighted by molar-refractivity contribution is 6.07. The summed E-state index contributed by atoms with van der Waals surface area (Å²) in [4.78, 5) is 26.5. The van der Waals surface area contributed by atoms with Crippen molar-refractivity contribution in [3.05, 3.63) is 70.0 Å². The Bertz CT molecular complexity index is 838. The molecule has 8 nitrogen and oxygen atoms in total. The molecular weight excluding hydrogens is 310 g/mol. The van der Waals surface area contributed by atoms with Gasteiger partial charge in [0, 0.05) is 18.5 Å². The van der Waals surface area contributed by atoms with Crippen LogP contribution in [-0.2, 0) is 4.79 Å². The number of hydrogen-bond donors (Lipinski definition) is 2. The average molecular weight is 323 g/mol. The minimum atomic E-state index is -0.758. The highest BCUT2D eigenvalue weighted by Crippen LogP contribution is 2.23. The Balaban J connectivity index is 2.15. The summed E-state index contributed by atoms with van der Waals surface area (Å²) in [5.74, 6) is -0.293. The standard InChI is InChI=1S/C16H13N5O3/c1-11-6-7-15(18-9-11)19-10-12(8-17)16(22)20-13-4-2-3-5-14(13)21(23)24/h2-7,9-10H,1H3,(H,18,19)(H,20,22)/b12-10-. The van der Waals surface area contributed by atoms with Gasteiger partial charge in [-0.25, -0.2) is 4.98 Å². The fourth-order valence-electron chi connectivity index (χ4n) is 1.78. The van der Waals surface area contributed by atoms with Crippen LogP contribution >= 0.6 is 0 Å². The molecule has 0 aliphatic carbocycles. The van der Waals surface area contributed by atoms with Crippen molar-refractivity contribution in [1.82, 2.24) is 4.98 Å². The molecule has 2 aromatic rings. The molecule has 1 aromatic heterocycles. The lowest BCUT2D eigenvalue weighted by Gasteiger charge is -2.05.